The molecule has 356 valence electrons. The van der Waals surface area contributed by atoms with Crippen molar-refractivity contribution in [2.75, 3.05) is 0 Å². The average molecular weight is 963 g/mol. The van der Waals surface area contributed by atoms with Gasteiger partial charge in [-0.25, -0.2) is 8.42 Å². The molecule has 0 aliphatic rings. The van der Waals surface area contributed by atoms with Gasteiger partial charge in [0, 0.05) is 11.6 Å². The summed E-state index contributed by atoms with van der Waals surface area (Å²) in [6.45, 7) is 4.49. The monoisotopic (exact) mass is 962 g/mol. The number of benzene rings is 4. The normalized spacial score (nSPS) is 11.4. The molecule has 0 atom stereocenters. The van der Waals surface area contributed by atoms with E-state index >= 15 is 0 Å². The quantitative estimate of drug-likeness (QED) is 0.0272. The fourth-order valence-corrected chi connectivity index (χ4v) is 8.74. The van der Waals surface area contributed by atoms with Gasteiger partial charge in [-0.15, -0.1) is 5.75 Å². The molecule has 0 unspecified atom stereocenters. The van der Waals surface area contributed by atoms with E-state index in [0.29, 0.717) is 35.7 Å². The number of hydrogen-bond donors (Lipinski definition) is 2. The molecule has 0 aliphatic heterocycles. The van der Waals surface area contributed by atoms with Crippen LogP contribution in [0.2, 0.25) is 0 Å². The summed E-state index contributed by atoms with van der Waals surface area (Å²) in [6, 6.07) is 21.1. The zero-order valence-corrected chi connectivity index (χ0v) is 43.0. The molecule has 4 aromatic rings. The minimum Gasteiger partial charge on any atom is -0.872 e. The third kappa shape index (κ3) is 24.7. The molecular formula is C52H74CaO10S2. The smallest absolute Gasteiger partial charge is 0.872 e. The molecule has 0 aromatic heterocycles. The van der Waals surface area contributed by atoms with Crippen LogP contribution in [0.4, 0.5) is 0 Å². The fourth-order valence-electron chi connectivity index (χ4n) is 7.72. The summed E-state index contributed by atoms with van der Waals surface area (Å²) in [7, 11) is -8.86. The van der Waals surface area contributed by atoms with Crippen LogP contribution in [0.5, 0.6) is 34.5 Å². The van der Waals surface area contributed by atoms with E-state index in [1.54, 1.807) is 42.5 Å². The first kappa shape index (κ1) is 58.3. The summed E-state index contributed by atoms with van der Waals surface area (Å²) in [5.74, 6) is 1.53. The van der Waals surface area contributed by atoms with Crippen molar-refractivity contribution in [3.8, 4) is 34.5 Å². The van der Waals surface area contributed by atoms with Crippen LogP contribution >= 0.6 is 0 Å². The number of ether oxygens (including phenoxy) is 2. The maximum Gasteiger partial charge on any atom is 2.00 e. The Balaban J connectivity index is 0.000000440. The molecule has 4 aromatic carbocycles. The molecule has 4 rings (SSSR count). The third-order valence-corrected chi connectivity index (χ3v) is 13.1. The van der Waals surface area contributed by atoms with Crippen LogP contribution in [0, 0.1) is 0 Å². The Kier molecular flexibility index (Phi) is 30.1. The van der Waals surface area contributed by atoms with Crippen molar-refractivity contribution in [2.24, 2.45) is 0 Å². The van der Waals surface area contributed by atoms with Crippen molar-refractivity contribution in [3.05, 3.63) is 96.1 Å². The molecule has 65 heavy (non-hydrogen) atoms. The summed E-state index contributed by atoms with van der Waals surface area (Å²) in [4.78, 5) is -0.576. The van der Waals surface area contributed by atoms with Crippen LogP contribution in [0.25, 0.3) is 0 Å². The molecular weight excluding hydrogens is 889 g/mol. The molecule has 0 bridgehead atoms. The van der Waals surface area contributed by atoms with Crippen LogP contribution < -0.4 is 14.6 Å². The summed E-state index contributed by atoms with van der Waals surface area (Å²) < 4.78 is 77.3. The Bertz CT molecular complexity index is 1970. The van der Waals surface area contributed by atoms with Gasteiger partial charge < -0.3 is 24.2 Å². The van der Waals surface area contributed by atoms with E-state index in [4.69, 9.17) is 9.47 Å². The van der Waals surface area contributed by atoms with E-state index in [9.17, 15) is 36.2 Å². The minimum absolute atomic E-state index is 0. The van der Waals surface area contributed by atoms with Gasteiger partial charge in [0.1, 0.15) is 38.9 Å². The van der Waals surface area contributed by atoms with Crippen LogP contribution in [0.3, 0.4) is 0 Å². The summed E-state index contributed by atoms with van der Waals surface area (Å²) in [6.07, 6.45) is 31.6. The van der Waals surface area contributed by atoms with Gasteiger partial charge in [0.05, 0.1) is 9.79 Å². The van der Waals surface area contributed by atoms with Gasteiger partial charge in [0.25, 0.3) is 10.1 Å². The van der Waals surface area contributed by atoms with Crippen molar-refractivity contribution in [2.45, 2.75) is 191 Å². The molecule has 0 fully saturated rings. The van der Waals surface area contributed by atoms with Crippen molar-refractivity contribution in [3.63, 3.8) is 0 Å². The van der Waals surface area contributed by atoms with Crippen molar-refractivity contribution in [1.29, 1.82) is 0 Å². The predicted octanol–water partition coefficient (Wildman–Crippen LogP) is 14.0. The van der Waals surface area contributed by atoms with E-state index < -0.39 is 20.2 Å². The maximum atomic E-state index is 12.4. The topological polar surface area (TPSA) is 173 Å². The molecule has 0 aliphatic carbocycles. The van der Waals surface area contributed by atoms with Crippen molar-refractivity contribution < 1.29 is 45.6 Å². The van der Waals surface area contributed by atoms with Gasteiger partial charge in [-0.2, -0.15) is 8.42 Å². The summed E-state index contributed by atoms with van der Waals surface area (Å²) >= 11 is 0. The van der Waals surface area contributed by atoms with Crippen LogP contribution in [0.1, 0.15) is 179 Å². The molecule has 0 amide bonds. The second-order valence-corrected chi connectivity index (χ2v) is 19.6. The number of aromatic hydroxyl groups is 1. The average Bonchev–Trinajstić information content (AvgIpc) is 3.26. The number of phenolic OH excluding ortho intramolecular Hbond substituents is 1. The van der Waals surface area contributed by atoms with Gasteiger partial charge in [-0.3, -0.25) is 4.55 Å². The Morgan fingerprint density at radius 1 is 0.477 bits per heavy atom. The molecule has 0 heterocycles. The first-order chi connectivity index (χ1) is 30.8. The number of hydrogen-bond acceptors (Lipinski definition) is 9. The van der Waals surface area contributed by atoms with Gasteiger partial charge in [0.2, 0.25) is 0 Å². The van der Waals surface area contributed by atoms with E-state index in [1.165, 1.54) is 164 Å². The first-order valence-electron chi connectivity index (χ1n) is 23.9. The van der Waals surface area contributed by atoms with Gasteiger partial charge in [-0.1, -0.05) is 185 Å². The Hall–Kier alpha value is -2.84. The van der Waals surface area contributed by atoms with Gasteiger partial charge in [0.15, 0.2) is 0 Å². The van der Waals surface area contributed by atoms with Crippen LogP contribution in [0.15, 0.2) is 94.7 Å². The van der Waals surface area contributed by atoms with Crippen LogP contribution in [-0.2, 0) is 33.1 Å². The second-order valence-electron chi connectivity index (χ2n) is 16.8. The van der Waals surface area contributed by atoms with Crippen molar-refractivity contribution in [1.82, 2.24) is 0 Å². The summed E-state index contributed by atoms with van der Waals surface area (Å²) in [5, 5.41) is 22.7. The largest absolute Gasteiger partial charge is 2.00 e. The van der Waals surface area contributed by atoms with E-state index in [1.807, 2.05) is 0 Å². The maximum absolute atomic E-state index is 12.4. The zero-order valence-electron chi connectivity index (χ0n) is 39.2. The molecule has 13 heteroatoms. The van der Waals surface area contributed by atoms with Gasteiger partial charge >= 0.3 is 37.7 Å². The predicted molar refractivity (Wildman–Crippen MR) is 260 cm³/mol. The Labute approximate surface area is 421 Å². The molecule has 0 saturated heterocycles. The zero-order chi connectivity index (χ0) is 46.5. The van der Waals surface area contributed by atoms with Crippen LogP contribution in [-0.4, -0.2) is 68.8 Å². The molecule has 0 spiro atoms. The molecule has 0 radical (unpaired) electrons. The minimum atomic E-state index is -4.56. The number of unbranched alkanes of at least 4 members (excludes halogenated alkanes) is 22. The fraction of sp³-hybridized carbons (Fsp3) is 0.538. The number of rotatable bonds is 32. The Morgan fingerprint density at radius 2 is 0.831 bits per heavy atom. The Morgan fingerprint density at radius 3 is 1.26 bits per heavy atom. The molecule has 0 saturated carbocycles. The van der Waals surface area contributed by atoms with Gasteiger partial charge in [-0.05, 0) is 79.8 Å². The SMILES string of the molecule is CCCCCCCCCCCCCCc1c(O)cccc1Oc1cccc(S(=O)(=O)O)c1.CCCCCCCCCCCCCCc1c([O-])cccc1Oc1cccc(S(=O)(=O)[O-])c1.[Ca+2]. The molecule has 2 N–H and O–H groups in total. The van der Waals surface area contributed by atoms with E-state index in [2.05, 4.69) is 13.8 Å². The van der Waals surface area contributed by atoms with Crippen molar-refractivity contribution >= 4 is 58.0 Å². The molecule has 10 nitrogen and oxygen atoms in total. The standard InChI is InChI=1S/2C26H38O5S.Ca/c2*1-2-3-4-5-6-7-8-9-10-11-12-13-18-24-25(27)19-15-20-26(24)31-22-16-14-17-23(21-22)32(28,29)30;/h2*14-17,19-21,27H,2-13,18H2,1H3,(H,28,29,30);/q;;+2/p-2. The number of phenols is 1. The van der Waals surface area contributed by atoms with E-state index in [-0.39, 0.29) is 64.8 Å². The third-order valence-electron chi connectivity index (χ3n) is 11.4. The second kappa shape index (κ2) is 33.6. The first-order valence-corrected chi connectivity index (χ1v) is 26.8. The van der Waals surface area contributed by atoms with E-state index in [0.717, 1.165) is 37.7 Å². The summed E-state index contributed by atoms with van der Waals surface area (Å²) in [5.41, 5.74) is 1.31.